The van der Waals surface area contributed by atoms with Crippen molar-refractivity contribution in [3.8, 4) is 22.3 Å². The number of hydrogen-bond acceptors (Lipinski definition) is 1. The summed E-state index contributed by atoms with van der Waals surface area (Å²) in [6.45, 7) is 0. The minimum atomic E-state index is -0.334. The Morgan fingerprint density at radius 1 is 0.615 bits per heavy atom. The van der Waals surface area contributed by atoms with Crippen LogP contribution in [-0.4, -0.2) is 0 Å². The molecule has 0 spiro atoms. The molecule has 0 N–H and O–H groups in total. The maximum absolute atomic E-state index is 14.4. The molecule has 2 heteroatoms. The van der Waals surface area contributed by atoms with Crippen LogP contribution in [0.3, 0.4) is 0 Å². The van der Waals surface area contributed by atoms with Crippen LogP contribution in [0, 0.1) is 5.82 Å². The maximum atomic E-state index is 14.4. The number of para-hydroxylation sites is 1. The average Bonchev–Trinajstić information content (AvgIpc) is 3.10. The van der Waals surface area contributed by atoms with Gasteiger partial charge in [0.2, 0.25) is 0 Å². The first-order valence-corrected chi connectivity index (χ1v) is 8.57. The Morgan fingerprint density at radius 3 is 2.23 bits per heavy atom. The van der Waals surface area contributed by atoms with Gasteiger partial charge in [-0.15, -0.1) is 0 Å². The quantitative estimate of drug-likeness (QED) is 0.336. The summed E-state index contributed by atoms with van der Waals surface area (Å²) in [5.41, 5.74) is 5.33. The van der Waals surface area contributed by atoms with E-state index in [0.717, 1.165) is 33.0 Å². The van der Waals surface area contributed by atoms with Gasteiger partial charge in [0, 0.05) is 10.8 Å². The predicted molar refractivity (Wildman–Crippen MR) is 105 cm³/mol. The zero-order valence-corrected chi connectivity index (χ0v) is 13.9. The topological polar surface area (TPSA) is 13.1 Å². The lowest BCUT2D eigenvalue weighted by Gasteiger charge is -2.08. The Hall–Kier alpha value is -3.39. The molecule has 0 saturated carbocycles. The molecule has 0 amide bonds. The zero-order chi connectivity index (χ0) is 17.5. The lowest BCUT2D eigenvalue weighted by atomic mass is 9.96. The molecule has 1 aromatic heterocycles. The third kappa shape index (κ3) is 2.31. The van der Waals surface area contributed by atoms with Gasteiger partial charge in [0.05, 0.1) is 0 Å². The molecular formula is C24H15FO. The molecule has 5 aromatic rings. The SMILES string of the molecule is Fc1ccc(-c2cccc(-c3ccccc3)c2)c2c1oc1ccccc12. The molecule has 4 aromatic carbocycles. The summed E-state index contributed by atoms with van der Waals surface area (Å²) in [5, 5.41) is 1.76. The van der Waals surface area contributed by atoms with E-state index in [4.69, 9.17) is 4.42 Å². The molecule has 0 aliphatic carbocycles. The highest BCUT2D eigenvalue weighted by molar-refractivity contribution is 6.12. The number of halogens is 1. The van der Waals surface area contributed by atoms with E-state index in [-0.39, 0.29) is 5.82 Å². The van der Waals surface area contributed by atoms with E-state index in [1.165, 1.54) is 6.07 Å². The molecular weight excluding hydrogens is 323 g/mol. The van der Waals surface area contributed by atoms with Crippen LogP contribution in [0.5, 0.6) is 0 Å². The van der Waals surface area contributed by atoms with Crippen LogP contribution < -0.4 is 0 Å². The van der Waals surface area contributed by atoms with Crippen LogP contribution in [0.2, 0.25) is 0 Å². The molecule has 0 radical (unpaired) electrons. The van der Waals surface area contributed by atoms with E-state index in [2.05, 4.69) is 30.3 Å². The van der Waals surface area contributed by atoms with Gasteiger partial charge in [-0.05, 0) is 40.5 Å². The number of rotatable bonds is 2. The fraction of sp³-hybridized carbons (Fsp3) is 0. The number of hydrogen-bond donors (Lipinski definition) is 0. The van der Waals surface area contributed by atoms with Crippen LogP contribution in [0.1, 0.15) is 0 Å². The average molecular weight is 338 g/mol. The monoisotopic (exact) mass is 338 g/mol. The highest BCUT2D eigenvalue weighted by atomic mass is 19.1. The van der Waals surface area contributed by atoms with Crippen molar-refractivity contribution >= 4 is 21.9 Å². The van der Waals surface area contributed by atoms with E-state index < -0.39 is 0 Å². The van der Waals surface area contributed by atoms with Gasteiger partial charge in [0.15, 0.2) is 11.4 Å². The molecule has 5 rings (SSSR count). The predicted octanol–water partition coefficient (Wildman–Crippen LogP) is 7.06. The summed E-state index contributed by atoms with van der Waals surface area (Å²) >= 11 is 0. The smallest absolute Gasteiger partial charge is 0.171 e. The highest BCUT2D eigenvalue weighted by Gasteiger charge is 2.16. The molecule has 26 heavy (non-hydrogen) atoms. The lowest BCUT2D eigenvalue weighted by molar-refractivity contribution is 0.584. The molecule has 0 aliphatic heterocycles. The number of benzene rings is 4. The van der Waals surface area contributed by atoms with Crippen molar-refractivity contribution in [2.24, 2.45) is 0 Å². The van der Waals surface area contributed by atoms with Crippen LogP contribution in [0.4, 0.5) is 4.39 Å². The summed E-state index contributed by atoms with van der Waals surface area (Å²) in [4.78, 5) is 0. The van der Waals surface area contributed by atoms with Crippen molar-refractivity contribution in [1.29, 1.82) is 0 Å². The van der Waals surface area contributed by atoms with Crippen LogP contribution >= 0.6 is 0 Å². The number of fused-ring (bicyclic) bond motifs is 3. The molecule has 0 atom stereocenters. The summed E-state index contributed by atoms with van der Waals surface area (Å²) in [5.74, 6) is -0.334. The Balaban J connectivity index is 1.79. The summed E-state index contributed by atoms with van der Waals surface area (Å²) in [6.07, 6.45) is 0. The minimum absolute atomic E-state index is 0.314. The fourth-order valence-electron chi connectivity index (χ4n) is 3.53. The van der Waals surface area contributed by atoms with Gasteiger partial charge in [0.25, 0.3) is 0 Å². The van der Waals surface area contributed by atoms with E-state index in [0.29, 0.717) is 11.2 Å². The Morgan fingerprint density at radius 2 is 1.35 bits per heavy atom. The second kappa shape index (κ2) is 5.85. The Kier molecular flexibility index (Phi) is 3.36. The van der Waals surface area contributed by atoms with Gasteiger partial charge in [-0.25, -0.2) is 4.39 Å². The first-order valence-electron chi connectivity index (χ1n) is 8.57. The normalized spacial score (nSPS) is 11.3. The number of furan rings is 1. The maximum Gasteiger partial charge on any atom is 0.171 e. The molecule has 0 fully saturated rings. The standard InChI is InChI=1S/C24H15FO/c25-21-14-13-19(23-20-11-4-5-12-22(20)26-24(21)23)18-10-6-9-17(15-18)16-7-2-1-3-8-16/h1-15H. The van der Waals surface area contributed by atoms with E-state index in [1.54, 1.807) is 0 Å². The van der Waals surface area contributed by atoms with Crippen molar-refractivity contribution in [2.45, 2.75) is 0 Å². The molecule has 0 bridgehead atoms. The second-order valence-electron chi connectivity index (χ2n) is 6.34. The van der Waals surface area contributed by atoms with Crippen LogP contribution in [0.15, 0.2) is 95.4 Å². The molecule has 1 nitrogen and oxygen atoms in total. The Bertz CT molecular complexity index is 1240. The zero-order valence-electron chi connectivity index (χ0n) is 13.9. The van der Waals surface area contributed by atoms with Gasteiger partial charge in [0.1, 0.15) is 5.58 Å². The molecule has 0 saturated heterocycles. The van der Waals surface area contributed by atoms with Gasteiger partial charge >= 0.3 is 0 Å². The van der Waals surface area contributed by atoms with Gasteiger partial charge in [-0.3, -0.25) is 0 Å². The molecule has 0 aliphatic rings. The Labute approximate surface area is 150 Å². The highest BCUT2D eigenvalue weighted by Crippen LogP contribution is 2.38. The fourth-order valence-corrected chi connectivity index (χ4v) is 3.53. The van der Waals surface area contributed by atoms with Crippen LogP contribution in [0.25, 0.3) is 44.2 Å². The summed E-state index contributed by atoms with van der Waals surface area (Å²) in [7, 11) is 0. The van der Waals surface area contributed by atoms with Crippen molar-refractivity contribution in [2.75, 3.05) is 0 Å². The van der Waals surface area contributed by atoms with E-state index in [1.807, 2.05) is 54.6 Å². The molecule has 124 valence electrons. The second-order valence-corrected chi connectivity index (χ2v) is 6.34. The lowest BCUT2D eigenvalue weighted by Crippen LogP contribution is -1.84. The van der Waals surface area contributed by atoms with E-state index in [9.17, 15) is 4.39 Å². The van der Waals surface area contributed by atoms with Crippen molar-refractivity contribution in [1.82, 2.24) is 0 Å². The third-order valence-corrected chi connectivity index (χ3v) is 4.76. The molecule has 1 heterocycles. The molecule has 0 unspecified atom stereocenters. The van der Waals surface area contributed by atoms with Crippen molar-refractivity contribution in [3.05, 3.63) is 96.8 Å². The van der Waals surface area contributed by atoms with Gasteiger partial charge < -0.3 is 4.42 Å². The summed E-state index contributed by atoms with van der Waals surface area (Å²) < 4.78 is 20.2. The van der Waals surface area contributed by atoms with Crippen molar-refractivity contribution < 1.29 is 8.81 Å². The van der Waals surface area contributed by atoms with Crippen molar-refractivity contribution in [3.63, 3.8) is 0 Å². The van der Waals surface area contributed by atoms with Gasteiger partial charge in [-0.1, -0.05) is 72.8 Å². The first kappa shape index (κ1) is 14.9. The third-order valence-electron chi connectivity index (χ3n) is 4.76. The summed E-state index contributed by atoms with van der Waals surface area (Å²) in [6, 6.07) is 29.6. The minimum Gasteiger partial charge on any atom is -0.453 e. The van der Waals surface area contributed by atoms with E-state index >= 15 is 0 Å². The van der Waals surface area contributed by atoms with Gasteiger partial charge in [-0.2, -0.15) is 0 Å². The first-order chi connectivity index (χ1) is 12.8. The van der Waals surface area contributed by atoms with Crippen LogP contribution in [-0.2, 0) is 0 Å². The largest absolute Gasteiger partial charge is 0.453 e.